The minimum absolute atomic E-state index is 0.383. The molecular weight excluding hydrogens is 306 g/mol. The van der Waals surface area contributed by atoms with E-state index in [9.17, 15) is 0 Å². The normalized spacial score (nSPS) is 11.2. The van der Waals surface area contributed by atoms with Gasteiger partial charge in [0.2, 0.25) is 4.77 Å². The Morgan fingerprint density at radius 2 is 1.91 bits per heavy atom. The standard InChI is InChI=1S/C17H15N5S/c1-10-7-8-13-12(9-10)14(11-5-3-2-4-6-11)15(19-13)16-20-21-17(23)22(16)18/h2-9,19H,18H2,1H3,(H,21,23). The highest BCUT2D eigenvalue weighted by Crippen LogP contribution is 2.37. The van der Waals surface area contributed by atoms with Crippen LogP contribution in [-0.4, -0.2) is 19.9 Å². The zero-order valence-electron chi connectivity index (χ0n) is 12.5. The summed E-state index contributed by atoms with van der Waals surface area (Å²) in [6, 6.07) is 16.5. The zero-order chi connectivity index (χ0) is 16.0. The van der Waals surface area contributed by atoms with Crippen molar-refractivity contribution >= 4 is 23.1 Å². The van der Waals surface area contributed by atoms with E-state index in [2.05, 4.69) is 52.4 Å². The number of nitrogen functional groups attached to an aromatic ring is 1. The third kappa shape index (κ3) is 2.15. The van der Waals surface area contributed by atoms with Crippen LogP contribution in [0.2, 0.25) is 0 Å². The first-order valence-electron chi connectivity index (χ1n) is 7.26. The molecule has 114 valence electrons. The fourth-order valence-electron chi connectivity index (χ4n) is 2.86. The molecule has 0 saturated heterocycles. The average Bonchev–Trinajstić information content (AvgIpc) is 3.09. The molecule has 2 aromatic heterocycles. The SMILES string of the molecule is Cc1ccc2[nH]c(-c3n[nH]c(=S)n3N)c(-c3ccccc3)c2c1. The van der Waals surface area contributed by atoms with E-state index in [-0.39, 0.29) is 0 Å². The third-order valence-electron chi connectivity index (χ3n) is 3.94. The van der Waals surface area contributed by atoms with Crippen LogP contribution in [0.25, 0.3) is 33.5 Å². The van der Waals surface area contributed by atoms with Crippen molar-refractivity contribution in [2.24, 2.45) is 0 Å². The minimum atomic E-state index is 0.383. The first kappa shape index (κ1) is 13.8. The number of hydrogen-bond acceptors (Lipinski definition) is 3. The van der Waals surface area contributed by atoms with Crippen molar-refractivity contribution in [3.05, 3.63) is 58.9 Å². The number of fused-ring (bicyclic) bond motifs is 1. The molecule has 23 heavy (non-hydrogen) atoms. The molecule has 5 nitrogen and oxygen atoms in total. The van der Waals surface area contributed by atoms with Crippen molar-refractivity contribution < 1.29 is 0 Å². The van der Waals surface area contributed by atoms with Gasteiger partial charge in [0.25, 0.3) is 0 Å². The quantitative estimate of drug-likeness (QED) is 0.388. The Balaban J connectivity index is 2.12. The van der Waals surface area contributed by atoms with E-state index in [1.807, 2.05) is 18.2 Å². The summed E-state index contributed by atoms with van der Waals surface area (Å²) >= 11 is 5.14. The molecule has 4 N–H and O–H groups in total. The summed E-state index contributed by atoms with van der Waals surface area (Å²) in [5.74, 6) is 6.62. The number of H-pyrrole nitrogens is 2. The van der Waals surface area contributed by atoms with Crippen molar-refractivity contribution in [1.82, 2.24) is 19.9 Å². The van der Waals surface area contributed by atoms with E-state index in [0.717, 1.165) is 27.7 Å². The molecule has 0 aliphatic carbocycles. The Morgan fingerprint density at radius 1 is 1.13 bits per heavy atom. The smallest absolute Gasteiger partial charge is 0.214 e. The summed E-state index contributed by atoms with van der Waals surface area (Å²) in [5, 5.41) is 8.16. The lowest BCUT2D eigenvalue weighted by molar-refractivity contribution is 0.980. The Kier molecular flexibility index (Phi) is 3.06. The van der Waals surface area contributed by atoms with Gasteiger partial charge < -0.3 is 10.8 Å². The van der Waals surface area contributed by atoms with Gasteiger partial charge >= 0.3 is 0 Å². The number of nitrogens with two attached hydrogens (primary N) is 1. The topological polar surface area (TPSA) is 75.4 Å². The van der Waals surface area contributed by atoms with Crippen molar-refractivity contribution in [2.75, 3.05) is 5.84 Å². The van der Waals surface area contributed by atoms with E-state index in [0.29, 0.717) is 10.6 Å². The molecule has 0 spiro atoms. The summed E-state index contributed by atoms with van der Waals surface area (Å²) < 4.78 is 1.77. The van der Waals surface area contributed by atoms with Crippen LogP contribution in [-0.2, 0) is 0 Å². The van der Waals surface area contributed by atoms with Gasteiger partial charge in [0.15, 0.2) is 5.82 Å². The second-order valence-corrected chi connectivity index (χ2v) is 5.90. The molecule has 0 unspecified atom stereocenters. The lowest BCUT2D eigenvalue weighted by atomic mass is 10.0. The molecule has 2 aromatic carbocycles. The van der Waals surface area contributed by atoms with Gasteiger partial charge in [-0.3, -0.25) is 0 Å². The maximum atomic E-state index is 6.03. The molecule has 6 heteroatoms. The van der Waals surface area contributed by atoms with Gasteiger partial charge in [0.05, 0.1) is 5.69 Å². The first-order chi connectivity index (χ1) is 11.1. The third-order valence-corrected chi connectivity index (χ3v) is 4.23. The average molecular weight is 321 g/mol. The zero-order valence-corrected chi connectivity index (χ0v) is 13.3. The monoisotopic (exact) mass is 321 g/mol. The Bertz CT molecular complexity index is 1060. The molecule has 0 aliphatic rings. The highest BCUT2D eigenvalue weighted by atomic mass is 32.1. The fraction of sp³-hybridized carbons (Fsp3) is 0.0588. The molecule has 4 rings (SSSR count). The lowest BCUT2D eigenvalue weighted by Gasteiger charge is -2.05. The number of benzene rings is 2. The summed E-state index contributed by atoms with van der Waals surface area (Å²) in [6.07, 6.45) is 0. The summed E-state index contributed by atoms with van der Waals surface area (Å²) in [7, 11) is 0. The Hall–Kier alpha value is -2.86. The van der Waals surface area contributed by atoms with Crippen molar-refractivity contribution in [3.8, 4) is 22.6 Å². The number of aromatic amines is 2. The van der Waals surface area contributed by atoms with Gasteiger partial charge in [-0.2, -0.15) is 5.10 Å². The van der Waals surface area contributed by atoms with Crippen molar-refractivity contribution in [1.29, 1.82) is 0 Å². The number of hydrogen-bond donors (Lipinski definition) is 3. The molecule has 0 radical (unpaired) electrons. The summed E-state index contributed by atoms with van der Waals surface area (Å²) in [4.78, 5) is 3.43. The van der Waals surface area contributed by atoms with Crippen LogP contribution >= 0.6 is 12.2 Å². The van der Waals surface area contributed by atoms with E-state index in [1.165, 1.54) is 10.2 Å². The predicted octanol–water partition coefficient (Wildman–Crippen LogP) is 3.78. The number of aryl methyl sites for hydroxylation is 1. The highest BCUT2D eigenvalue weighted by Gasteiger charge is 2.19. The van der Waals surface area contributed by atoms with Gasteiger partial charge in [-0.1, -0.05) is 42.0 Å². The first-order valence-corrected chi connectivity index (χ1v) is 7.66. The number of rotatable bonds is 2. The molecular formula is C17H15N5S. The molecule has 0 saturated carbocycles. The van der Waals surface area contributed by atoms with Crippen molar-refractivity contribution in [3.63, 3.8) is 0 Å². The lowest BCUT2D eigenvalue weighted by Crippen LogP contribution is -2.10. The van der Waals surface area contributed by atoms with E-state index in [1.54, 1.807) is 0 Å². The fourth-order valence-corrected chi connectivity index (χ4v) is 2.99. The van der Waals surface area contributed by atoms with Crippen LogP contribution in [0.1, 0.15) is 5.56 Å². The van der Waals surface area contributed by atoms with E-state index in [4.69, 9.17) is 18.1 Å². The molecule has 0 aliphatic heterocycles. The van der Waals surface area contributed by atoms with E-state index >= 15 is 0 Å². The second kappa shape index (κ2) is 5.10. The molecule has 0 amide bonds. The van der Waals surface area contributed by atoms with Crippen LogP contribution in [0.15, 0.2) is 48.5 Å². The van der Waals surface area contributed by atoms with Crippen LogP contribution in [0, 0.1) is 11.7 Å². The largest absolute Gasteiger partial charge is 0.351 e. The van der Waals surface area contributed by atoms with Crippen molar-refractivity contribution in [2.45, 2.75) is 6.92 Å². The van der Waals surface area contributed by atoms with Crippen LogP contribution in [0.5, 0.6) is 0 Å². The van der Waals surface area contributed by atoms with Gasteiger partial charge in [0.1, 0.15) is 0 Å². The summed E-state index contributed by atoms with van der Waals surface area (Å²) in [5.41, 5.74) is 5.27. The summed E-state index contributed by atoms with van der Waals surface area (Å²) in [6.45, 7) is 2.08. The highest BCUT2D eigenvalue weighted by molar-refractivity contribution is 7.71. The minimum Gasteiger partial charge on any atom is -0.351 e. The van der Waals surface area contributed by atoms with Crippen LogP contribution in [0.3, 0.4) is 0 Å². The maximum Gasteiger partial charge on any atom is 0.214 e. The predicted molar refractivity (Wildman–Crippen MR) is 95.0 cm³/mol. The van der Waals surface area contributed by atoms with Crippen LogP contribution in [0.4, 0.5) is 0 Å². The Morgan fingerprint density at radius 3 is 2.61 bits per heavy atom. The molecule has 0 bridgehead atoms. The number of nitrogens with zero attached hydrogens (tertiary/aromatic N) is 2. The van der Waals surface area contributed by atoms with E-state index < -0.39 is 0 Å². The van der Waals surface area contributed by atoms with Crippen LogP contribution < -0.4 is 5.84 Å². The Labute approximate surface area is 137 Å². The number of aromatic nitrogens is 4. The maximum absolute atomic E-state index is 6.03. The van der Waals surface area contributed by atoms with Gasteiger partial charge in [-0.25, -0.2) is 9.77 Å². The molecule has 0 atom stereocenters. The van der Waals surface area contributed by atoms with Gasteiger partial charge in [-0.05, 0) is 36.8 Å². The molecule has 2 heterocycles. The number of nitrogens with one attached hydrogen (secondary N) is 2. The van der Waals surface area contributed by atoms with Gasteiger partial charge in [0, 0.05) is 16.5 Å². The second-order valence-electron chi connectivity index (χ2n) is 5.51. The molecule has 0 fully saturated rings. The van der Waals surface area contributed by atoms with Gasteiger partial charge in [-0.15, -0.1) is 0 Å². The molecule has 4 aromatic rings.